The van der Waals surface area contributed by atoms with Crippen LogP contribution in [0.15, 0.2) is 29.1 Å². The van der Waals surface area contributed by atoms with Crippen LogP contribution < -0.4 is 11.3 Å². The van der Waals surface area contributed by atoms with E-state index in [-0.39, 0.29) is 5.56 Å². The molecule has 3 N–H and O–H groups in total. The molecule has 0 unspecified atom stereocenters. The maximum atomic E-state index is 11.9. The molecule has 4 heteroatoms. The summed E-state index contributed by atoms with van der Waals surface area (Å²) in [5, 5.41) is 0. The molecule has 1 aromatic heterocycles. The number of nitrogens with two attached hydrogens (primary N) is 1. The summed E-state index contributed by atoms with van der Waals surface area (Å²) in [7, 11) is 0. The molecule has 100 valence electrons. The van der Waals surface area contributed by atoms with Crippen LogP contribution >= 0.6 is 0 Å². The molecule has 2 aromatic rings. The average molecular weight is 257 g/mol. The van der Waals surface area contributed by atoms with Gasteiger partial charge in [-0.3, -0.25) is 4.79 Å². The molecule has 0 radical (unpaired) electrons. The molecule has 0 aliphatic rings. The third-order valence-corrected chi connectivity index (χ3v) is 3.25. The van der Waals surface area contributed by atoms with Crippen LogP contribution in [0.25, 0.3) is 11.4 Å². The van der Waals surface area contributed by atoms with Gasteiger partial charge in [-0.2, -0.15) is 0 Å². The summed E-state index contributed by atoms with van der Waals surface area (Å²) >= 11 is 0. The minimum atomic E-state index is -0.155. The number of nitrogens with one attached hydrogen (secondary N) is 1. The van der Waals surface area contributed by atoms with E-state index in [1.54, 1.807) is 0 Å². The Morgan fingerprint density at radius 1 is 1.26 bits per heavy atom. The topological polar surface area (TPSA) is 71.8 Å². The predicted molar refractivity (Wildman–Crippen MR) is 78.2 cm³/mol. The number of H-pyrrole nitrogens is 1. The molecule has 0 amide bonds. The number of aromatic nitrogens is 2. The number of rotatable bonds is 3. The first kappa shape index (κ1) is 13.3. The fourth-order valence-electron chi connectivity index (χ4n) is 2.02. The van der Waals surface area contributed by atoms with Crippen LogP contribution in [0.3, 0.4) is 0 Å². The zero-order valence-electron chi connectivity index (χ0n) is 11.5. The van der Waals surface area contributed by atoms with Gasteiger partial charge in [-0.05, 0) is 17.9 Å². The highest BCUT2D eigenvalue weighted by Gasteiger charge is 2.08. The van der Waals surface area contributed by atoms with Crippen LogP contribution in [-0.4, -0.2) is 9.97 Å². The fourth-order valence-corrected chi connectivity index (χ4v) is 2.02. The zero-order chi connectivity index (χ0) is 14.0. The Morgan fingerprint density at radius 2 is 1.89 bits per heavy atom. The van der Waals surface area contributed by atoms with Gasteiger partial charge in [-0.25, -0.2) is 4.98 Å². The Bertz CT molecular complexity index is 627. The normalized spacial score (nSPS) is 10.9. The third kappa shape index (κ3) is 2.67. The van der Waals surface area contributed by atoms with E-state index in [0.717, 1.165) is 5.56 Å². The van der Waals surface area contributed by atoms with Gasteiger partial charge < -0.3 is 10.7 Å². The van der Waals surface area contributed by atoms with Crippen molar-refractivity contribution in [1.29, 1.82) is 0 Å². The summed E-state index contributed by atoms with van der Waals surface area (Å²) < 4.78 is 0. The Kier molecular flexibility index (Phi) is 3.69. The smallest absolute Gasteiger partial charge is 0.256 e. The number of anilines is 1. The minimum Gasteiger partial charge on any atom is -0.383 e. The summed E-state index contributed by atoms with van der Waals surface area (Å²) in [5.41, 5.74) is 8.33. The van der Waals surface area contributed by atoms with Crippen LogP contribution in [-0.2, 0) is 6.42 Å². The highest BCUT2D eigenvalue weighted by molar-refractivity contribution is 5.58. The molecule has 0 bridgehead atoms. The van der Waals surface area contributed by atoms with Gasteiger partial charge in [-0.1, -0.05) is 45.0 Å². The standard InChI is InChI=1S/C15H19N3O/c1-4-12-13(16)17-14(18-15(12)19)11-7-5-10(6-8-11)9(2)3/h5-9H,4H2,1-3H3,(H3,16,17,18,19). The average Bonchev–Trinajstić information content (AvgIpc) is 2.38. The van der Waals surface area contributed by atoms with Gasteiger partial charge in [0.2, 0.25) is 0 Å². The van der Waals surface area contributed by atoms with Crippen molar-refractivity contribution in [3.63, 3.8) is 0 Å². The molecule has 0 saturated heterocycles. The first-order chi connectivity index (χ1) is 9.02. The quantitative estimate of drug-likeness (QED) is 0.888. The molecular formula is C15H19N3O. The van der Waals surface area contributed by atoms with Crippen molar-refractivity contribution in [2.24, 2.45) is 0 Å². The van der Waals surface area contributed by atoms with E-state index >= 15 is 0 Å². The molecule has 1 heterocycles. The summed E-state index contributed by atoms with van der Waals surface area (Å²) in [6, 6.07) is 8.01. The van der Waals surface area contributed by atoms with Gasteiger partial charge in [0.15, 0.2) is 0 Å². The van der Waals surface area contributed by atoms with Crippen molar-refractivity contribution in [3.05, 3.63) is 45.7 Å². The predicted octanol–water partition coefficient (Wildman–Crippen LogP) is 2.70. The summed E-state index contributed by atoms with van der Waals surface area (Å²) in [6.07, 6.45) is 0.584. The van der Waals surface area contributed by atoms with Crippen LogP contribution in [0, 0.1) is 0 Å². The number of nitrogens with zero attached hydrogens (tertiary/aromatic N) is 1. The molecule has 0 aliphatic heterocycles. The largest absolute Gasteiger partial charge is 0.383 e. The molecule has 2 rings (SSSR count). The molecule has 19 heavy (non-hydrogen) atoms. The Balaban J connectivity index is 2.45. The number of aromatic amines is 1. The van der Waals surface area contributed by atoms with Gasteiger partial charge in [0.1, 0.15) is 11.6 Å². The Labute approximate surface area is 112 Å². The second kappa shape index (κ2) is 5.26. The van der Waals surface area contributed by atoms with Crippen molar-refractivity contribution in [1.82, 2.24) is 9.97 Å². The van der Waals surface area contributed by atoms with Crippen LogP contribution in [0.5, 0.6) is 0 Å². The molecule has 1 aromatic carbocycles. The first-order valence-electron chi connectivity index (χ1n) is 6.52. The van der Waals surface area contributed by atoms with E-state index in [1.807, 2.05) is 31.2 Å². The minimum absolute atomic E-state index is 0.155. The third-order valence-electron chi connectivity index (χ3n) is 3.25. The van der Waals surface area contributed by atoms with E-state index in [1.165, 1.54) is 5.56 Å². The summed E-state index contributed by atoms with van der Waals surface area (Å²) in [4.78, 5) is 18.9. The van der Waals surface area contributed by atoms with E-state index in [2.05, 4.69) is 23.8 Å². The lowest BCUT2D eigenvalue weighted by Gasteiger charge is -2.08. The monoisotopic (exact) mass is 257 g/mol. The molecule has 4 nitrogen and oxygen atoms in total. The van der Waals surface area contributed by atoms with Gasteiger partial charge in [0, 0.05) is 5.56 Å². The first-order valence-corrected chi connectivity index (χ1v) is 6.52. The Morgan fingerprint density at radius 3 is 2.37 bits per heavy atom. The molecule has 0 atom stereocenters. The van der Waals surface area contributed by atoms with Crippen molar-refractivity contribution in [2.75, 3.05) is 5.73 Å². The SMILES string of the molecule is CCc1c(N)nc(-c2ccc(C(C)C)cc2)[nH]c1=O. The number of benzene rings is 1. The van der Waals surface area contributed by atoms with Gasteiger partial charge in [0.25, 0.3) is 5.56 Å². The maximum Gasteiger partial charge on any atom is 0.256 e. The number of hydrogen-bond donors (Lipinski definition) is 2. The van der Waals surface area contributed by atoms with Crippen molar-refractivity contribution >= 4 is 5.82 Å². The van der Waals surface area contributed by atoms with E-state index in [0.29, 0.717) is 29.5 Å². The molecule has 0 aliphatic carbocycles. The zero-order valence-corrected chi connectivity index (χ0v) is 11.5. The van der Waals surface area contributed by atoms with Crippen molar-refractivity contribution in [3.8, 4) is 11.4 Å². The molecule has 0 fully saturated rings. The second-order valence-electron chi connectivity index (χ2n) is 4.91. The van der Waals surface area contributed by atoms with Crippen LogP contribution in [0.2, 0.25) is 0 Å². The van der Waals surface area contributed by atoms with Crippen molar-refractivity contribution < 1.29 is 0 Å². The maximum absolute atomic E-state index is 11.9. The second-order valence-corrected chi connectivity index (χ2v) is 4.91. The van der Waals surface area contributed by atoms with Gasteiger partial charge >= 0.3 is 0 Å². The molecule has 0 spiro atoms. The van der Waals surface area contributed by atoms with Crippen molar-refractivity contribution in [2.45, 2.75) is 33.1 Å². The van der Waals surface area contributed by atoms with E-state index in [4.69, 9.17) is 5.73 Å². The van der Waals surface area contributed by atoms with E-state index in [9.17, 15) is 4.79 Å². The van der Waals surface area contributed by atoms with E-state index < -0.39 is 0 Å². The van der Waals surface area contributed by atoms with Crippen LogP contribution in [0.4, 0.5) is 5.82 Å². The van der Waals surface area contributed by atoms with Gasteiger partial charge in [0.05, 0.1) is 5.56 Å². The fraction of sp³-hybridized carbons (Fsp3) is 0.333. The molecular weight excluding hydrogens is 238 g/mol. The molecule has 0 saturated carbocycles. The van der Waals surface area contributed by atoms with Gasteiger partial charge in [-0.15, -0.1) is 0 Å². The lowest BCUT2D eigenvalue weighted by Crippen LogP contribution is -2.17. The highest BCUT2D eigenvalue weighted by atomic mass is 16.1. The number of nitrogen functional groups attached to an aromatic ring is 1. The lowest BCUT2D eigenvalue weighted by molar-refractivity contribution is 0.866. The van der Waals surface area contributed by atoms with Crippen LogP contribution in [0.1, 0.15) is 37.8 Å². The lowest BCUT2D eigenvalue weighted by atomic mass is 10.0. The Hall–Kier alpha value is -2.10. The number of hydrogen-bond acceptors (Lipinski definition) is 3. The summed E-state index contributed by atoms with van der Waals surface area (Å²) in [5.74, 6) is 1.32. The highest BCUT2D eigenvalue weighted by Crippen LogP contribution is 2.20. The summed E-state index contributed by atoms with van der Waals surface area (Å²) in [6.45, 7) is 6.17.